The topological polar surface area (TPSA) is 17.1 Å². The SMILES string of the molecule is Cc1ccc(S[C@@H](C(=O)c2ccc(C)cc2)[C@H](Cl)c2cccc(Cl)c2)cc1. The van der Waals surface area contributed by atoms with Gasteiger partial charge in [0.15, 0.2) is 5.78 Å². The highest BCUT2D eigenvalue weighted by Gasteiger charge is 2.30. The van der Waals surface area contributed by atoms with Gasteiger partial charge in [-0.3, -0.25) is 4.79 Å². The highest BCUT2D eigenvalue weighted by Crippen LogP contribution is 2.39. The average molecular weight is 415 g/mol. The van der Waals surface area contributed by atoms with Crippen molar-refractivity contribution < 1.29 is 4.79 Å². The van der Waals surface area contributed by atoms with Crippen LogP contribution in [0.5, 0.6) is 0 Å². The van der Waals surface area contributed by atoms with Gasteiger partial charge in [0.1, 0.15) is 0 Å². The van der Waals surface area contributed by atoms with Crippen molar-refractivity contribution in [1.29, 1.82) is 0 Å². The zero-order valence-corrected chi connectivity index (χ0v) is 17.5. The summed E-state index contributed by atoms with van der Waals surface area (Å²) in [6.45, 7) is 4.04. The van der Waals surface area contributed by atoms with Gasteiger partial charge in [-0.1, -0.05) is 71.3 Å². The molecule has 0 radical (unpaired) electrons. The summed E-state index contributed by atoms with van der Waals surface area (Å²) in [4.78, 5) is 14.3. The first-order valence-electron chi connectivity index (χ1n) is 8.68. The van der Waals surface area contributed by atoms with E-state index in [4.69, 9.17) is 23.2 Å². The van der Waals surface area contributed by atoms with Crippen LogP contribution in [-0.2, 0) is 0 Å². The van der Waals surface area contributed by atoms with Gasteiger partial charge < -0.3 is 0 Å². The van der Waals surface area contributed by atoms with Crippen LogP contribution in [0.2, 0.25) is 5.02 Å². The van der Waals surface area contributed by atoms with Gasteiger partial charge in [0.05, 0.1) is 10.6 Å². The first-order chi connectivity index (χ1) is 12.9. The molecule has 138 valence electrons. The van der Waals surface area contributed by atoms with Gasteiger partial charge in [0.25, 0.3) is 0 Å². The first-order valence-corrected chi connectivity index (χ1v) is 10.4. The van der Waals surface area contributed by atoms with Crippen LogP contribution in [0.25, 0.3) is 0 Å². The molecule has 4 heteroatoms. The number of hydrogen-bond acceptors (Lipinski definition) is 2. The second-order valence-corrected chi connectivity index (χ2v) is 8.66. The summed E-state index contributed by atoms with van der Waals surface area (Å²) in [7, 11) is 0. The minimum Gasteiger partial charge on any atom is -0.293 e. The van der Waals surface area contributed by atoms with Gasteiger partial charge in [-0.05, 0) is 43.7 Å². The van der Waals surface area contributed by atoms with Crippen molar-refractivity contribution in [3.8, 4) is 0 Å². The molecule has 0 bridgehead atoms. The molecule has 3 aromatic rings. The summed E-state index contributed by atoms with van der Waals surface area (Å²) in [5.74, 6) is 0.0144. The van der Waals surface area contributed by atoms with Crippen molar-refractivity contribution in [3.05, 3.63) is 100 Å². The second kappa shape index (κ2) is 8.97. The number of carbonyl (C=O) groups excluding carboxylic acids is 1. The Morgan fingerprint density at radius 2 is 1.48 bits per heavy atom. The Morgan fingerprint density at radius 1 is 0.889 bits per heavy atom. The fraction of sp³-hybridized carbons (Fsp3) is 0.174. The number of thioether (sulfide) groups is 1. The molecule has 3 aromatic carbocycles. The Balaban J connectivity index is 1.95. The number of alkyl halides is 1. The fourth-order valence-corrected chi connectivity index (χ4v) is 4.45. The lowest BCUT2D eigenvalue weighted by Crippen LogP contribution is -2.22. The Bertz CT molecular complexity index is 920. The number of aryl methyl sites for hydroxylation is 2. The average Bonchev–Trinajstić information content (AvgIpc) is 2.67. The molecule has 0 amide bonds. The van der Waals surface area contributed by atoms with Gasteiger partial charge in [-0.15, -0.1) is 23.4 Å². The maximum Gasteiger partial charge on any atom is 0.178 e. The third-order valence-electron chi connectivity index (χ3n) is 4.31. The van der Waals surface area contributed by atoms with Crippen molar-refractivity contribution in [2.75, 3.05) is 0 Å². The van der Waals surface area contributed by atoms with E-state index >= 15 is 0 Å². The van der Waals surface area contributed by atoms with E-state index in [0.717, 1.165) is 16.0 Å². The molecular weight excluding hydrogens is 395 g/mol. The molecule has 3 rings (SSSR count). The molecule has 0 saturated heterocycles. The summed E-state index contributed by atoms with van der Waals surface area (Å²) >= 11 is 14.4. The highest BCUT2D eigenvalue weighted by molar-refractivity contribution is 8.00. The van der Waals surface area contributed by atoms with Crippen molar-refractivity contribution in [2.45, 2.75) is 29.4 Å². The summed E-state index contributed by atoms with van der Waals surface area (Å²) < 4.78 is 0. The minimum atomic E-state index is -0.496. The third kappa shape index (κ3) is 5.16. The van der Waals surface area contributed by atoms with Crippen LogP contribution >= 0.6 is 35.0 Å². The molecule has 0 unspecified atom stereocenters. The predicted molar refractivity (Wildman–Crippen MR) is 116 cm³/mol. The molecule has 0 aliphatic rings. The molecular formula is C23H20Cl2OS. The Labute approximate surface area is 174 Å². The quantitative estimate of drug-likeness (QED) is 0.239. The standard InChI is InChI=1S/C23H20Cl2OS/c1-15-6-10-17(11-7-15)22(26)23(27-20-12-8-16(2)9-13-20)21(25)18-4-3-5-19(24)14-18/h3-14,21,23H,1-2H3/t21-,23-/m1/s1. The summed E-state index contributed by atoms with van der Waals surface area (Å²) in [6, 6.07) is 23.1. The fourth-order valence-electron chi connectivity index (χ4n) is 2.74. The Kier molecular flexibility index (Phi) is 6.64. The van der Waals surface area contributed by atoms with Crippen molar-refractivity contribution in [2.24, 2.45) is 0 Å². The van der Waals surface area contributed by atoms with E-state index in [9.17, 15) is 4.79 Å². The zero-order chi connectivity index (χ0) is 19.4. The number of halogens is 2. The van der Waals surface area contributed by atoms with Crippen LogP contribution in [0.3, 0.4) is 0 Å². The molecule has 0 heterocycles. The molecule has 0 aromatic heterocycles. The van der Waals surface area contributed by atoms with E-state index < -0.39 is 10.6 Å². The number of benzene rings is 3. The molecule has 0 spiro atoms. The van der Waals surface area contributed by atoms with E-state index in [0.29, 0.717) is 10.6 Å². The largest absolute Gasteiger partial charge is 0.293 e. The van der Waals surface area contributed by atoms with Crippen LogP contribution in [0.15, 0.2) is 77.7 Å². The van der Waals surface area contributed by atoms with E-state index in [1.807, 2.05) is 80.6 Å². The normalized spacial score (nSPS) is 13.2. The van der Waals surface area contributed by atoms with Crippen LogP contribution in [0.1, 0.15) is 32.4 Å². The molecule has 0 saturated carbocycles. The lowest BCUT2D eigenvalue weighted by molar-refractivity contribution is 0.0988. The maximum absolute atomic E-state index is 13.3. The van der Waals surface area contributed by atoms with Crippen LogP contribution in [0, 0.1) is 13.8 Å². The van der Waals surface area contributed by atoms with Gasteiger partial charge >= 0.3 is 0 Å². The van der Waals surface area contributed by atoms with Gasteiger partial charge in [0.2, 0.25) is 0 Å². The molecule has 0 N–H and O–H groups in total. The number of Topliss-reactive ketones (excluding diaryl/α,β-unsaturated/α-hetero) is 1. The van der Waals surface area contributed by atoms with E-state index in [-0.39, 0.29) is 5.78 Å². The zero-order valence-electron chi connectivity index (χ0n) is 15.2. The van der Waals surface area contributed by atoms with Gasteiger partial charge in [-0.2, -0.15) is 0 Å². The summed E-state index contributed by atoms with van der Waals surface area (Å²) in [6.07, 6.45) is 0. The van der Waals surface area contributed by atoms with Crippen LogP contribution < -0.4 is 0 Å². The van der Waals surface area contributed by atoms with E-state index in [1.165, 1.54) is 17.3 Å². The molecule has 2 atom stereocenters. The molecule has 1 nitrogen and oxygen atoms in total. The van der Waals surface area contributed by atoms with Crippen molar-refractivity contribution in [1.82, 2.24) is 0 Å². The van der Waals surface area contributed by atoms with Crippen molar-refractivity contribution in [3.63, 3.8) is 0 Å². The molecule has 0 aliphatic carbocycles. The lowest BCUT2D eigenvalue weighted by atomic mass is 10.0. The lowest BCUT2D eigenvalue weighted by Gasteiger charge is -2.22. The third-order valence-corrected chi connectivity index (χ3v) is 6.48. The monoisotopic (exact) mass is 414 g/mol. The molecule has 27 heavy (non-hydrogen) atoms. The highest BCUT2D eigenvalue weighted by atomic mass is 35.5. The predicted octanol–water partition coefficient (Wildman–Crippen LogP) is 7.28. The minimum absolute atomic E-state index is 0.0144. The first kappa shape index (κ1) is 20.0. The van der Waals surface area contributed by atoms with Gasteiger partial charge in [0, 0.05) is 15.5 Å². The Morgan fingerprint density at radius 3 is 2.07 bits per heavy atom. The maximum atomic E-state index is 13.3. The smallest absolute Gasteiger partial charge is 0.178 e. The second-order valence-electron chi connectivity index (χ2n) is 6.54. The number of carbonyl (C=O) groups is 1. The number of ketones is 1. The number of hydrogen-bond donors (Lipinski definition) is 0. The summed E-state index contributed by atoms with van der Waals surface area (Å²) in [5.41, 5.74) is 3.80. The van der Waals surface area contributed by atoms with Gasteiger partial charge in [-0.25, -0.2) is 0 Å². The van der Waals surface area contributed by atoms with Crippen LogP contribution in [-0.4, -0.2) is 11.0 Å². The van der Waals surface area contributed by atoms with Crippen molar-refractivity contribution >= 4 is 40.7 Å². The molecule has 0 fully saturated rings. The van der Waals surface area contributed by atoms with E-state index in [2.05, 4.69) is 0 Å². The number of rotatable bonds is 6. The van der Waals surface area contributed by atoms with E-state index in [1.54, 1.807) is 6.07 Å². The Hall–Kier alpha value is -1.74. The van der Waals surface area contributed by atoms with Crippen LogP contribution in [0.4, 0.5) is 0 Å². The summed E-state index contributed by atoms with van der Waals surface area (Å²) in [5, 5.41) is -0.348. The molecule has 0 aliphatic heterocycles.